The number of rotatable bonds is 6. The van der Waals surface area contributed by atoms with Gasteiger partial charge in [-0.2, -0.15) is 0 Å². The van der Waals surface area contributed by atoms with Crippen LogP contribution in [0.3, 0.4) is 0 Å². The van der Waals surface area contributed by atoms with Gasteiger partial charge in [0.2, 0.25) is 0 Å². The van der Waals surface area contributed by atoms with Crippen LogP contribution in [0.5, 0.6) is 5.75 Å². The molecule has 1 unspecified atom stereocenters. The van der Waals surface area contributed by atoms with Crippen LogP contribution in [0.2, 0.25) is 0 Å². The van der Waals surface area contributed by atoms with Crippen LogP contribution in [-0.4, -0.2) is 27.7 Å². The third-order valence-corrected chi connectivity index (χ3v) is 2.76. The maximum Gasteiger partial charge on any atom is 0.269 e. The second kappa shape index (κ2) is 6.22. The van der Waals surface area contributed by atoms with Crippen molar-refractivity contribution in [3.05, 3.63) is 34.4 Å². The Balaban J connectivity index is 2.38. The first kappa shape index (κ1) is 12.6. The molecule has 6 heteroatoms. The van der Waals surface area contributed by atoms with Gasteiger partial charge in [-0.05, 0) is 18.6 Å². The largest absolute Gasteiger partial charge is 0.494 e. The number of nitrogens with zero attached hydrogens (tertiary/aromatic N) is 1. The van der Waals surface area contributed by atoms with E-state index in [2.05, 4.69) is 0 Å². The van der Waals surface area contributed by atoms with Crippen LogP contribution in [0.15, 0.2) is 24.3 Å². The summed E-state index contributed by atoms with van der Waals surface area (Å²) in [5.41, 5.74) is 0.0435. The summed E-state index contributed by atoms with van der Waals surface area (Å²) in [5, 5.41) is 10.4. The first-order valence-electron chi connectivity index (χ1n) is 4.77. The number of non-ortho nitro benzene ring substituents is 1. The number of hydrogen-bond donors (Lipinski definition) is 0. The number of nitro benzene ring substituents is 1. The lowest BCUT2D eigenvalue weighted by atomic mass is 10.3. The monoisotopic (exact) mass is 243 g/mol. The van der Waals surface area contributed by atoms with E-state index in [-0.39, 0.29) is 5.69 Å². The molecule has 16 heavy (non-hydrogen) atoms. The Hall–Kier alpha value is -1.43. The molecule has 0 saturated heterocycles. The molecule has 88 valence electrons. The third-order valence-electron chi connectivity index (χ3n) is 1.89. The zero-order chi connectivity index (χ0) is 12.0. The number of benzene rings is 1. The number of nitro groups is 1. The quantitative estimate of drug-likeness (QED) is 0.433. The van der Waals surface area contributed by atoms with Crippen LogP contribution in [0.1, 0.15) is 6.42 Å². The minimum absolute atomic E-state index is 0.0435. The Bertz CT molecular complexity index is 377. The first-order valence-corrected chi connectivity index (χ1v) is 6.49. The zero-order valence-electron chi connectivity index (χ0n) is 8.92. The van der Waals surface area contributed by atoms with Gasteiger partial charge in [0.05, 0.1) is 11.5 Å². The topological polar surface area (TPSA) is 69.4 Å². The van der Waals surface area contributed by atoms with Crippen molar-refractivity contribution in [1.29, 1.82) is 0 Å². The normalized spacial score (nSPS) is 12.1. The summed E-state index contributed by atoms with van der Waals surface area (Å²) < 4.78 is 16.1. The average Bonchev–Trinajstić information content (AvgIpc) is 2.25. The predicted molar refractivity (Wildman–Crippen MR) is 62.1 cm³/mol. The van der Waals surface area contributed by atoms with E-state index in [1.54, 1.807) is 18.4 Å². The summed E-state index contributed by atoms with van der Waals surface area (Å²) in [4.78, 5) is 9.92. The van der Waals surface area contributed by atoms with Crippen LogP contribution in [0.25, 0.3) is 0 Å². The standard InChI is InChI=1S/C10H13NO4S/c1-16(14)8-2-7-15-10-5-3-9(4-6-10)11(12)13/h3-6H,2,7-8H2,1H3. The van der Waals surface area contributed by atoms with Crippen molar-refractivity contribution in [3.63, 3.8) is 0 Å². The van der Waals surface area contributed by atoms with Gasteiger partial charge in [0, 0.05) is 34.9 Å². The maximum atomic E-state index is 10.8. The van der Waals surface area contributed by atoms with Crippen molar-refractivity contribution in [1.82, 2.24) is 0 Å². The lowest BCUT2D eigenvalue weighted by Gasteiger charge is -2.04. The van der Waals surface area contributed by atoms with E-state index < -0.39 is 15.7 Å². The highest BCUT2D eigenvalue weighted by Gasteiger charge is 2.03. The zero-order valence-corrected chi connectivity index (χ0v) is 9.74. The molecule has 0 aliphatic rings. The molecule has 0 saturated carbocycles. The Morgan fingerprint density at radius 2 is 2.00 bits per heavy atom. The van der Waals surface area contributed by atoms with Crippen molar-refractivity contribution < 1.29 is 13.9 Å². The van der Waals surface area contributed by atoms with Gasteiger partial charge in [-0.15, -0.1) is 0 Å². The molecule has 1 aromatic carbocycles. The van der Waals surface area contributed by atoms with Gasteiger partial charge in [-0.25, -0.2) is 0 Å². The molecule has 0 amide bonds. The average molecular weight is 243 g/mol. The lowest BCUT2D eigenvalue weighted by molar-refractivity contribution is -0.384. The lowest BCUT2D eigenvalue weighted by Crippen LogP contribution is -2.03. The summed E-state index contributed by atoms with van der Waals surface area (Å²) in [6.07, 6.45) is 2.35. The Morgan fingerprint density at radius 1 is 1.38 bits per heavy atom. The van der Waals surface area contributed by atoms with Gasteiger partial charge in [-0.3, -0.25) is 14.3 Å². The molecule has 0 aromatic heterocycles. The van der Waals surface area contributed by atoms with Crippen molar-refractivity contribution in [2.45, 2.75) is 6.42 Å². The molecule has 0 bridgehead atoms. The summed E-state index contributed by atoms with van der Waals surface area (Å²) in [7, 11) is -0.803. The Labute approximate surface area is 96.0 Å². The van der Waals surface area contributed by atoms with Gasteiger partial charge >= 0.3 is 0 Å². The van der Waals surface area contributed by atoms with Gasteiger partial charge < -0.3 is 4.74 Å². The fraction of sp³-hybridized carbons (Fsp3) is 0.400. The highest BCUT2D eigenvalue weighted by atomic mass is 32.2. The number of ether oxygens (including phenoxy) is 1. The van der Waals surface area contributed by atoms with E-state index in [4.69, 9.17) is 4.74 Å². The van der Waals surface area contributed by atoms with Gasteiger partial charge in [0.25, 0.3) is 5.69 Å². The van der Waals surface area contributed by atoms with Crippen molar-refractivity contribution in [2.24, 2.45) is 0 Å². The van der Waals surface area contributed by atoms with E-state index in [0.29, 0.717) is 24.5 Å². The van der Waals surface area contributed by atoms with E-state index >= 15 is 0 Å². The third kappa shape index (κ3) is 4.39. The number of hydrogen-bond acceptors (Lipinski definition) is 4. The van der Waals surface area contributed by atoms with Crippen molar-refractivity contribution in [3.8, 4) is 5.75 Å². The summed E-state index contributed by atoms with van der Waals surface area (Å²) in [6.45, 7) is 0.470. The minimum Gasteiger partial charge on any atom is -0.494 e. The first-order chi connectivity index (χ1) is 7.59. The molecule has 0 fully saturated rings. The predicted octanol–water partition coefficient (Wildman–Crippen LogP) is 1.74. The second-order valence-electron chi connectivity index (χ2n) is 3.23. The molecule has 0 heterocycles. The van der Waals surface area contributed by atoms with Crippen LogP contribution >= 0.6 is 0 Å². The minimum atomic E-state index is -0.803. The smallest absolute Gasteiger partial charge is 0.269 e. The van der Waals surface area contributed by atoms with E-state index in [1.807, 2.05) is 0 Å². The molecule has 0 radical (unpaired) electrons. The Kier molecular flexibility index (Phi) is 4.91. The SMILES string of the molecule is CS(=O)CCCOc1ccc([N+](=O)[O-])cc1. The molecule has 1 rings (SSSR count). The molecule has 5 nitrogen and oxygen atoms in total. The summed E-state index contributed by atoms with van der Waals surface area (Å²) in [6, 6.07) is 5.91. The molecule has 0 aliphatic carbocycles. The van der Waals surface area contributed by atoms with Gasteiger partial charge in [-0.1, -0.05) is 0 Å². The van der Waals surface area contributed by atoms with Crippen LogP contribution in [0.4, 0.5) is 5.69 Å². The van der Waals surface area contributed by atoms with Gasteiger partial charge in [0.1, 0.15) is 5.75 Å². The highest BCUT2D eigenvalue weighted by molar-refractivity contribution is 7.84. The second-order valence-corrected chi connectivity index (χ2v) is 4.78. The van der Waals surface area contributed by atoms with E-state index in [1.165, 1.54) is 12.1 Å². The van der Waals surface area contributed by atoms with Crippen molar-refractivity contribution >= 4 is 16.5 Å². The maximum absolute atomic E-state index is 10.8. The molecule has 1 aromatic rings. The summed E-state index contributed by atoms with van der Waals surface area (Å²) >= 11 is 0. The van der Waals surface area contributed by atoms with Crippen LogP contribution in [-0.2, 0) is 10.8 Å². The summed E-state index contributed by atoms with van der Waals surface area (Å²) in [5.74, 6) is 1.19. The Morgan fingerprint density at radius 3 is 2.50 bits per heavy atom. The fourth-order valence-corrected chi connectivity index (χ4v) is 1.64. The van der Waals surface area contributed by atoms with Crippen LogP contribution < -0.4 is 4.74 Å². The molecular weight excluding hydrogens is 230 g/mol. The van der Waals surface area contributed by atoms with Crippen molar-refractivity contribution in [2.75, 3.05) is 18.6 Å². The molecule has 1 atom stereocenters. The highest BCUT2D eigenvalue weighted by Crippen LogP contribution is 2.17. The molecule has 0 aliphatic heterocycles. The molecule has 0 spiro atoms. The molecular formula is C10H13NO4S. The fourth-order valence-electron chi connectivity index (χ4n) is 1.12. The van der Waals surface area contributed by atoms with Crippen LogP contribution in [0, 0.1) is 10.1 Å². The van der Waals surface area contributed by atoms with E-state index in [9.17, 15) is 14.3 Å². The van der Waals surface area contributed by atoms with Gasteiger partial charge in [0.15, 0.2) is 0 Å². The van der Waals surface area contributed by atoms with E-state index in [0.717, 1.165) is 0 Å². The molecule has 0 N–H and O–H groups in total.